The predicted molar refractivity (Wildman–Crippen MR) is 64.8 cm³/mol. The Balaban J connectivity index is -0.0000000542. The van der Waals surface area contributed by atoms with Crippen molar-refractivity contribution in [2.24, 2.45) is 0 Å². The van der Waals surface area contributed by atoms with E-state index in [4.69, 9.17) is 20.4 Å². The van der Waals surface area contributed by atoms with Gasteiger partial charge in [-0.1, -0.05) is 0 Å². The van der Waals surface area contributed by atoms with E-state index in [-0.39, 0.29) is 24.9 Å². The Morgan fingerprint density at radius 3 is 0.667 bits per heavy atom. The molecule has 15 heavy (non-hydrogen) atoms. The molecule has 0 radical (unpaired) electrons. The Bertz CT molecular complexity index is 50.5. The zero-order chi connectivity index (χ0) is 13.4. The fourth-order valence-corrected chi connectivity index (χ4v) is 0. The Labute approximate surface area is 94.6 Å². The minimum absolute atomic E-state index is 0.167. The lowest BCUT2D eigenvalue weighted by molar-refractivity contribution is 0.215. The van der Waals surface area contributed by atoms with Crippen molar-refractivity contribution in [2.45, 2.75) is 66.8 Å². The molecule has 0 aliphatic rings. The number of hydrogen-bond donors (Lipinski definition) is 4. The smallest absolute Gasteiger partial charge is 0.0483 e. The molecule has 0 fully saturated rings. The summed E-state index contributed by atoms with van der Waals surface area (Å²) in [5.41, 5.74) is 0. The molecule has 0 saturated carbocycles. The van der Waals surface area contributed by atoms with Crippen LogP contribution in [0.4, 0.5) is 0 Å². The summed E-state index contributed by atoms with van der Waals surface area (Å²) in [6.07, 6.45) is -0.500. The highest BCUT2D eigenvalue weighted by Gasteiger charge is 1.70. The predicted octanol–water partition coefficient (Wildman–Crippen LogP) is 1.16. The van der Waals surface area contributed by atoms with Crippen LogP contribution in [0.1, 0.15) is 48.5 Å². The van der Waals surface area contributed by atoms with E-state index in [0.717, 1.165) is 0 Å². The third-order valence-electron chi connectivity index (χ3n) is 0. The molecule has 0 aromatic carbocycles. The molecular weight excluding hydrogens is 196 g/mol. The van der Waals surface area contributed by atoms with Gasteiger partial charge in [-0.3, -0.25) is 0 Å². The van der Waals surface area contributed by atoms with Crippen LogP contribution in [0.25, 0.3) is 0 Å². The van der Waals surface area contributed by atoms with Crippen molar-refractivity contribution in [1.82, 2.24) is 0 Å². The van der Waals surface area contributed by atoms with Crippen LogP contribution in [0, 0.1) is 0 Å². The Kier molecular flexibility index (Phi) is 38.0. The van der Waals surface area contributed by atoms with Crippen molar-refractivity contribution < 1.29 is 20.4 Å². The molecular formula is C11H30O4. The third-order valence-corrected chi connectivity index (χ3v) is 0. The van der Waals surface area contributed by atoms with Crippen LogP contribution in [0.5, 0.6) is 0 Å². The van der Waals surface area contributed by atoms with Gasteiger partial charge < -0.3 is 20.4 Å². The first-order chi connectivity index (χ1) is 6.61. The minimum atomic E-state index is -0.167. The van der Waals surface area contributed by atoms with Crippen LogP contribution < -0.4 is 0 Å². The Morgan fingerprint density at radius 1 is 0.667 bits per heavy atom. The first kappa shape index (κ1) is 24.2. The molecule has 0 aliphatic carbocycles. The fourth-order valence-electron chi connectivity index (χ4n) is 0. The van der Waals surface area contributed by atoms with Gasteiger partial charge in [-0.25, -0.2) is 0 Å². The Morgan fingerprint density at radius 2 is 0.667 bits per heavy atom. The van der Waals surface area contributed by atoms with Crippen molar-refractivity contribution >= 4 is 0 Å². The SMILES string of the molecule is CC(C)O.CC(C)O.CC(C)O.CCO. The average Bonchev–Trinajstić information content (AvgIpc) is 1.81. The molecule has 98 valence electrons. The summed E-state index contributed by atoms with van der Waals surface area (Å²) in [6, 6.07) is 0. The van der Waals surface area contributed by atoms with Gasteiger partial charge in [0.05, 0.1) is 0 Å². The van der Waals surface area contributed by atoms with Gasteiger partial charge in [0.1, 0.15) is 0 Å². The second kappa shape index (κ2) is 23.6. The molecule has 0 bridgehead atoms. The van der Waals surface area contributed by atoms with E-state index in [2.05, 4.69) is 0 Å². The molecule has 0 spiro atoms. The lowest BCUT2D eigenvalue weighted by atomic mass is 10.5. The maximum Gasteiger partial charge on any atom is 0.0483 e. The van der Waals surface area contributed by atoms with Crippen LogP contribution in [-0.4, -0.2) is 45.3 Å². The van der Waals surface area contributed by atoms with Crippen molar-refractivity contribution in [3.63, 3.8) is 0 Å². The highest BCUT2D eigenvalue weighted by molar-refractivity contribution is 4.21. The Hall–Kier alpha value is -0.160. The van der Waals surface area contributed by atoms with Crippen LogP contribution in [-0.2, 0) is 0 Å². The topological polar surface area (TPSA) is 80.9 Å². The third kappa shape index (κ3) is 75800. The molecule has 4 nitrogen and oxygen atoms in total. The van der Waals surface area contributed by atoms with Gasteiger partial charge in [-0.2, -0.15) is 0 Å². The van der Waals surface area contributed by atoms with Crippen LogP contribution in [0.3, 0.4) is 0 Å². The number of rotatable bonds is 0. The first-order valence-electron chi connectivity index (χ1n) is 5.26. The van der Waals surface area contributed by atoms with E-state index in [9.17, 15) is 0 Å². The van der Waals surface area contributed by atoms with E-state index in [1.54, 1.807) is 48.5 Å². The first-order valence-corrected chi connectivity index (χ1v) is 5.26. The molecule has 0 rings (SSSR count). The van der Waals surface area contributed by atoms with E-state index in [1.165, 1.54) is 0 Å². The maximum absolute atomic E-state index is 8.06. The monoisotopic (exact) mass is 226 g/mol. The van der Waals surface area contributed by atoms with Crippen molar-refractivity contribution in [3.05, 3.63) is 0 Å². The molecule has 0 amide bonds. The summed E-state index contributed by atoms with van der Waals surface area (Å²) in [6.45, 7) is 12.3. The molecule has 0 aromatic heterocycles. The van der Waals surface area contributed by atoms with Gasteiger partial charge in [0.25, 0.3) is 0 Å². The van der Waals surface area contributed by atoms with Crippen LogP contribution in [0.2, 0.25) is 0 Å². The highest BCUT2D eigenvalue weighted by atomic mass is 16.3. The maximum atomic E-state index is 8.06. The summed E-state index contributed by atoms with van der Waals surface area (Å²) < 4.78 is 0. The molecule has 0 atom stereocenters. The standard InChI is InChI=1S/3C3H8O.C2H6O/c3*1-3(2)4;1-2-3/h3*3-4H,1-2H3;3H,2H2,1H3. The van der Waals surface area contributed by atoms with E-state index in [0.29, 0.717) is 0 Å². The summed E-state index contributed by atoms with van der Waals surface area (Å²) in [5, 5.41) is 31.7. The largest absolute Gasteiger partial charge is 0.397 e. The number of aliphatic hydroxyl groups is 4. The van der Waals surface area contributed by atoms with Gasteiger partial charge in [0, 0.05) is 24.9 Å². The van der Waals surface area contributed by atoms with E-state index in [1.807, 2.05) is 0 Å². The summed E-state index contributed by atoms with van der Waals surface area (Å²) in [7, 11) is 0. The quantitative estimate of drug-likeness (QED) is 0.499. The summed E-state index contributed by atoms with van der Waals surface area (Å²) >= 11 is 0. The molecule has 4 N–H and O–H groups in total. The zero-order valence-corrected chi connectivity index (χ0v) is 11.2. The van der Waals surface area contributed by atoms with Crippen LogP contribution >= 0.6 is 0 Å². The van der Waals surface area contributed by atoms with Gasteiger partial charge in [-0.05, 0) is 48.5 Å². The highest BCUT2D eigenvalue weighted by Crippen LogP contribution is 1.65. The molecule has 4 heteroatoms. The van der Waals surface area contributed by atoms with E-state index >= 15 is 0 Å². The molecule has 0 aromatic rings. The van der Waals surface area contributed by atoms with Gasteiger partial charge >= 0.3 is 0 Å². The van der Waals surface area contributed by atoms with Crippen molar-refractivity contribution in [3.8, 4) is 0 Å². The lowest BCUT2D eigenvalue weighted by Gasteiger charge is -1.80. The minimum Gasteiger partial charge on any atom is -0.397 e. The molecule has 0 heterocycles. The van der Waals surface area contributed by atoms with E-state index < -0.39 is 0 Å². The fraction of sp³-hybridized carbons (Fsp3) is 1.00. The number of hydrogen-bond acceptors (Lipinski definition) is 4. The van der Waals surface area contributed by atoms with Gasteiger partial charge in [-0.15, -0.1) is 0 Å². The zero-order valence-electron chi connectivity index (χ0n) is 11.2. The van der Waals surface area contributed by atoms with Crippen molar-refractivity contribution in [2.75, 3.05) is 6.61 Å². The second-order valence-corrected chi connectivity index (χ2v) is 3.60. The normalized spacial score (nSPS) is 8.40. The lowest BCUT2D eigenvalue weighted by Crippen LogP contribution is -1.85. The summed E-state index contributed by atoms with van der Waals surface area (Å²) in [4.78, 5) is 0. The average molecular weight is 226 g/mol. The second-order valence-electron chi connectivity index (χ2n) is 3.60. The number of aliphatic hydroxyl groups excluding tert-OH is 4. The molecule has 0 aliphatic heterocycles. The van der Waals surface area contributed by atoms with Gasteiger partial charge in [0.2, 0.25) is 0 Å². The van der Waals surface area contributed by atoms with Crippen molar-refractivity contribution in [1.29, 1.82) is 0 Å². The molecule has 0 unspecified atom stereocenters. The van der Waals surface area contributed by atoms with Crippen LogP contribution in [0.15, 0.2) is 0 Å². The van der Waals surface area contributed by atoms with Gasteiger partial charge in [0.15, 0.2) is 0 Å². The molecule has 0 saturated heterocycles. The summed E-state index contributed by atoms with van der Waals surface area (Å²) in [5.74, 6) is 0.